The Balaban J connectivity index is 2.19. The number of nitro benzene ring substituents is 1. The van der Waals surface area contributed by atoms with Gasteiger partial charge in [0.25, 0.3) is 11.6 Å². The molecule has 27 heavy (non-hydrogen) atoms. The number of carbonyl (C=O) groups is 2. The van der Waals surface area contributed by atoms with E-state index < -0.39 is 22.9 Å². The lowest BCUT2D eigenvalue weighted by atomic mass is 10.2. The third kappa shape index (κ3) is 5.71. The number of alkyl halides is 3. The van der Waals surface area contributed by atoms with Gasteiger partial charge in [0.1, 0.15) is 0 Å². The van der Waals surface area contributed by atoms with Gasteiger partial charge in [-0.25, -0.2) is 0 Å². The molecule has 2 rings (SSSR count). The smallest absolute Gasteiger partial charge is 0.267 e. The van der Waals surface area contributed by atoms with Crippen LogP contribution in [0, 0.1) is 10.1 Å². The molecule has 0 radical (unpaired) electrons. The lowest BCUT2D eigenvalue weighted by Crippen LogP contribution is -2.47. The zero-order valence-electron chi connectivity index (χ0n) is 13.4. The Hall–Kier alpha value is -3.08. The minimum atomic E-state index is -5.16. The van der Waals surface area contributed by atoms with E-state index in [0.29, 0.717) is 5.75 Å². The summed E-state index contributed by atoms with van der Waals surface area (Å²) in [5, 5.41) is 10.9. The van der Waals surface area contributed by atoms with Gasteiger partial charge < -0.3 is 0 Å². The van der Waals surface area contributed by atoms with Crippen LogP contribution in [0.1, 0.15) is 15.9 Å². The van der Waals surface area contributed by atoms with Crippen molar-refractivity contribution in [1.29, 1.82) is 0 Å². The first kappa shape index (κ1) is 20.2. The monoisotopic (exact) mass is 399 g/mol. The van der Waals surface area contributed by atoms with Gasteiger partial charge in [-0.3, -0.25) is 30.6 Å². The maximum Gasteiger partial charge on any atom is 0.472 e. The maximum absolute atomic E-state index is 12.2. The van der Waals surface area contributed by atoms with E-state index in [2.05, 4.69) is 0 Å². The van der Waals surface area contributed by atoms with Crippen molar-refractivity contribution in [2.24, 2.45) is 0 Å². The van der Waals surface area contributed by atoms with Gasteiger partial charge in [-0.05, 0) is 11.6 Å². The number of non-ortho nitro benzene ring substituents is 1. The van der Waals surface area contributed by atoms with Gasteiger partial charge in [0.05, 0.1) is 10.5 Å². The molecule has 0 aliphatic carbocycles. The fraction of sp³-hybridized carbons (Fsp3) is 0.125. The first-order valence-electron chi connectivity index (χ1n) is 7.31. The standard InChI is InChI=1S/C16H12F3N3O4S/c17-16(18,19)15(24)21-20-14(23)12-7-6-11(22(25)26)8-13(12)27-9-10-4-2-1-3-5-10/h1-8H,9H2,(H,20,23)(H,21,24). The van der Waals surface area contributed by atoms with E-state index in [1.807, 2.05) is 18.2 Å². The molecular weight excluding hydrogens is 387 g/mol. The third-order valence-corrected chi connectivity index (χ3v) is 4.33. The molecule has 0 aliphatic rings. The molecule has 0 saturated heterocycles. The highest BCUT2D eigenvalue weighted by molar-refractivity contribution is 7.98. The lowest BCUT2D eigenvalue weighted by molar-refractivity contribution is -0.385. The number of hydrazine groups is 1. The van der Waals surface area contributed by atoms with E-state index in [4.69, 9.17) is 0 Å². The molecule has 0 aromatic heterocycles. The van der Waals surface area contributed by atoms with Crippen LogP contribution in [-0.2, 0) is 10.5 Å². The number of amides is 2. The van der Waals surface area contributed by atoms with Crippen molar-refractivity contribution in [2.75, 3.05) is 0 Å². The molecule has 0 atom stereocenters. The molecule has 2 N–H and O–H groups in total. The average molecular weight is 399 g/mol. The number of hydrogen-bond donors (Lipinski definition) is 2. The summed E-state index contributed by atoms with van der Waals surface area (Å²) in [7, 11) is 0. The molecule has 0 saturated carbocycles. The van der Waals surface area contributed by atoms with Gasteiger partial charge in [-0.1, -0.05) is 30.3 Å². The van der Waals surface area contributed by atoms with Crippen LogP contribution in [0.2, 0.25) is 0 Å². The molecular formula is C16H12F3N3O4S. The Kier molecular flexibility index (Phi) is 6.40. The lowest BCUT2D eigenvalue weighted by Gasteiger charge is -2.12. The number of benzene rings is 2. The van der Waals surface area contributed by atoms with Crippen LogP contribution in [0.4, 0.5) is 18.9 Å². The van der Waals surface area contributed by atoms with E-state index >= 15 is 0 Å². The van der Waals surface area contributed by atoms with Crippen molar-refractivity contribution >= 4 is 29.3 Å². The Morgan fingerprint density at radius 3 is 2.33 bits per heavy atom. The quantitative estimate of drug-likeness (QED) is 0.457. The molecule has 7 nitrogen and oxygen atoms in total. The number of nitrogens with one attached hydrogen (secondary N) is 2. The SMILES string of the molecule is O=C(NNC(=O)C(F)(F)F)c1ccc([N+](=O)[O-])cc1SCc1ccccc1. The summed E-state index contributed by atoms with van der Waals surface area (Å²) < 4.78 is 36.6. The molecule has 2 aromatic rings. The van der Waals surface area contributed by atoms with Gasteiger partial charge in [-0.15, -0.1) is 11.8 Å². The maximum atomic E-state index is 12.2. The largest absolute Gasteiger partial charge is 0.472 e. The molecule has 2 aromatic carbocycles. The minimum Gasteiger partial charge on any atom is -0.267 e. The first-order chi connectivity index (χ1) is 12.7. The van der Waals surface area contributed by atoms with Crippen LogP contribution in [0.5, 0.6) is 0 Å². The van der Waals surface area contributed by atoms with Crippen molar-refractivity contribution < 1.29 is 27.7 Å². The topological polar surface area (TPSA) is 101 Å². The predicted octanol–water partition coefficient (Wildman–Crippen LogP) is 3.21. The molecule has 2 amide bonds. The molecule has 0 fully saturated rings. The van der Waals surface area contributed by atoms with Crippen molar-refractivity contribution in [3.05, 3.63) is 69.8 Å². The highest BCUT2D eigenvalue weighted by atomic mass is 32.2. The highest BCUT2D eigenvalue weighted by Gasteiger charge is 2.39. The van der Waals surface area contributed by atoms with E-state index in [1.165, 1.54) is 5.43 Å². The van der Waals surface area contributed by atoms with E-state index in [1.54, 1.807) is 17.6 Å². The van der Waals surface area contributed by atoms with Crippen LogP contribution in [-0.4, -0.2) is 22.9 Å². The summed E-state index contributed by atoms with van der Waals surface area (Å²) in [5.74, 6) is -2.99. The van der Waals surface area contributed by atoms with E-state index in [-0.39, 0.29) is 16.1 Å². The third-order valence-electron chi connectivity index (χ3n) is 3.20. The minimum absolute atomic E-state index is 0.107. The molecule has 0 bridgehead atoms. The van der Waals surface area contributed by atoms with Crippen LogP contribution < -0.4 is 10.9 Å². The molecule has 11 heteroatoms. The van der Waals surface area contributed by atoms with Crippen molar-refractivity contribution in [1.82, 2.24) is 10.9 Å². The van der Waals surface area contributed by atoms with Gasteiger partial charge >= 0.3 is 12.1 Å². The Labute approximate surface area is 155 Å². The van der Waals surface area contributed by atoms with Crippen molar-refractivity contribution in [2.45, 2.75) is 16.8 Å². The number of nitro groups is 1. The molecule has 142 valence electrons. The van der Waals surface area contributed by atoms with Gasteiger partial charge in [0.15, 0.2) is 0 Å². The number of nitrogens with zero attached hydrogens (tertiary/aromatic N) is 1. The molecule has 0 heterocycles. The summed E-state index contributed by atoms with van der Waals surface area (Å²) in [5.41, 5.74) is 3.40. The summed E-state index contributed by atoms with van der Waals surface area (Å²) in [4.78, 5) is 33.4. The number of halogens is 3. The molecule has 0 aliphatic heterocycles. The first-order valence-corrected chi connectivity index (χ1v) is 8.29. The Morgan fingerprint density at radius 1 is 1.07 bits per heavy atom. The van der Waals surface area contributed by atoms with E-state index in [0.717, 1.165) is 35.5 Å². The van der Waals surface area contributed by atoms with Gasteiger partial charge in [-0.2, -0.15) is 13.2 Å². The summed E-state index contributed by atoms with van der Waals surface area (Å²) in [6.07, 6.45) is -5.16. The number of carbonyl (C=O) groups excluding carboxylic acids is 2. The van der Waals surface area contributed by atoms with E-state index in [9.17, 15) is 32.9 Å². The van der Waals surface area contributed by atoms with Crippen LogP contribution >= 0.6 is 11.8 Å². The second kappa shape index (κ2) is 8.54. The Bertz CT molecular complexity index is 860. The van der Waals surface area contributed by atoms with Crippen LogP contribution in [0.25, 0.3) is 0 Å². The normalized spacial score (nSPS) is 10.9. The molecule has 0 spiro atoms. The zero-order valence-corrected chi connectivity index (χ0v) is 14.3. The summed E-state index contributed by atoms with van der Waals surface area (Å²) in [6.45, 7) is 0. The fourth-order valence-electron chi connectivity index (χ4n) is 1.92. The zero-order chi connectivity index (χ0) is 20.0. The summed E-state index contributed by atoms with van der Waals surface area (Å²) >= 11 is 1.10. The highest BCUT2D eigenvalue weighted by Crippen LogP contribution is 2.30. The van der Waals surface area contributed by atoms with Crippen molar-refractivity contribution in [3.63, 3.8) is 0 Å². The fourth-order valence-corrected chi connectivity index (χ4v) is 2.95. The Morgan fingerprint density at radius 2 is 1.74 bits per heavy atom. The number of thioether (sulfide) groups is 1. The summed E-state index contributed by atoms with van der Waals surface area (Å²) in [6, 6.07) is 12.3. The second-order valence-electron chi connectivity index (χ2n) is 5.12. The van der Waals surface area contributed by atoms with Crippen LogP contribution in [0.15, 0.2) is 53.4 Å². The second-order valence-corrected chi connectivity index (χ2v) is 6.14. The predicted molar refractivity (Wildman–Crippen MR) is 90.8 cm³/mol. The average Bonchev–Trinajstić information content (AvgIpc) is 2.63. The number of hydrogen-bond acceptors (Lipinski definition) is 5. The van der Waals surface area contributed by atoms with Crippen LogP contribution in [0.3, 0.4) is 0 Å². The van der Waals surface area contributed by atoms with Crippen molar-refractivity contribution in [3.8, 4) is 0 Å². The van der Waals surface area contributed by atoms with Gasteiger partial charge in [0.2, 0.25) is 0 Å². The molecule has 0 unspecified atom stereocenters. The number of rotatable bonds is 5. The van der Waals surface area contributed by atoms with Gasteiger partial charge in [0, 0.05) is 22.8 Å².